The van der Waals surface area contributed by atoms with Gasteiger partial charge in [-0.1, -0.05) is 29.3 Å². The number of aromatic nitrogens is 1. The van der Waals surface area contributed by atoms with Gasteiger partial charge in [-0.15, -0.1) is 0 Å². The zero-order chi connectivity index (χ0) is 15.9. The Kier molecular flexibility index (Phi) is 3.72. The quantitative estimate of drug-likeness (QED) is 0.708. The van der Waals surface area contributed by atoms with Crippen molar-refractivity contribution < 1.29 is 8.42 Å². The van der Waals surface area contributed by atoms with Gasteiger partial charge in [0.1, 0.15) is 4.90 Å². The highest BCUT2D eigenvalue weighted by molar-refractivity contribution is 7.92. The minimum Gasteiger partial charge on any atom is -0.398 e. The largest absolute Gasteiger partial charge is 0.398 e. The maximum absolute atomic E-state index is 13.0. The fraction of sp³-hybridized carbons (Fsp3) is 0. The third kappa shape index (κ3) is 2.31. The van der Waals surface area contributed by atoms with Gasteiger partial charge in [-0.3, -0.25) is 4.98 Å². The van der Waals surface area contributed by atoms with Crippen molar-refractivity contribution in [3.8, 4) is 0 Å². The number of anilines is 1. The van der Waals surface area contributed by atoms with Gasteiger partial charge in [0, 0.05) is 17.3 Å². The fourth-order valence-electron chi connectivity index (χ4n) is 2.23. The van der Waals surface area contributed by atoms with E-state index in [4.69, 9.17) is 28.9 Å². The van der Waals surface area contributed by atoms with Crippen LogP contribution in [0.3, 0.4) is 0 Å². The van der Waals surface area contributed by atoms with E-state index in [2.05, 4.69) is 4.98 Å². The molecule has 0 unspecified atom stereocenters. The zero-order valence-electron chi connectivity index (χ0n) is 11.1. The minimum absolute atomic E-state index is 0.0206. The molecule has 0 saturated carbocycles. The number of hydrogen-bond acceptors (Lipinski definition) is 4. The van der Waals surface area contributed by atoms with Crippen LogP contribution in [0, 0.1) is 0 Å². The molecule has 4 nitrogen and oxygen atoms in total. The van der Waals surface area contributed by atoms with E-state index in [0.29, 0.717) is 16.6 Å². The second-order valence-corrected chi connectivity index (χ2v) is 7.28. The first kappa shape index (κ1) is 15.1. The summed E-state index contributed by atoms with van der Waals surface area (Å²) in [5.74, 6) is 0. The number of halogens is 2. The van der Waals surface area contributed by atoms with Crippen molar-refractivity contribution >= 4 is 49.6 Å². The summed E-state index contributed by atoms with van der Waals surface area (Å²) in [5.41, 5.74) is 6.62. The molecule has 0 saturated heterocycles. The second-order valence-electron chi connectivity index (χ2n) is 4.61. The average Bonchev–Trinajstić information content (AvgIpc) is 2.47. The van der Waals surface area contributed by atoms with Crippen LogP contribution < -0.4 is 5.73 Å². The zero-order valence-corrected chi connectivity index (χ0v) is 13.5. The van der Waals surface area contributed by atoms with Gasteiger partial charge in [-0.05, 0) is 36.4 Å². The SMILES string of the molecule is Nc1ccc(S(=O)(=O)c2c(Cl)cccc2Cl)c2ncccc12. The van der Waals surface area contributed by atoms with Crippen LogP contribution in [0.4, 0.5) is 5.69 Å². The lowest BCUT2D eigenvalue weighted by atomic mass is 10.2. The molecule has 7 heteroatoms. The first-order chi connectivity index (χ1) is 10.4. The Morgan fingerprint density at radius 3 is 2.32 bits per heavy atom. The number of rotatable bonds is 2. The van der Waals surface area contributed by atoms with Gasteiger partial charge < -0.3 is 5.73 Å². The summed E-state index contributed by atoms with van der Waals surface area (Å²) in [6, 6.07) is 10.9. The summed E-state index contributed by atoms with van der Waals surface area (Å²) in [4.78, 5) is 4.04. The highest BCUT2D eigenvalue weighted by atomic mass is 35.5. The Balaban J connectivity index is 2.39. The monoisotopic (exact) mass is 352 g/mol. The standard InChI is InChI=1S/C15H10Cl2N2O2S/c16-10-4-1-5-11(17)15(10)22(20,21)13-7-6-12(18)9-3-2-8-19-14(9)13/h1-8H,18H2. The number of sulfone groups is 1. The molecular weight excluding hydrogens is 343 g/mol. The Morgan fingerprint density at radius 2 is 1.64 bits per heavy atom. The van der Waals surface area contributed by atoms with Gasteiger partial charge in [0.2, 0.25) is 9.84 Å². The molecule has 0 atom stereocenters. The van der Waals surface area contributed by atoms with Gasteiger partial charge in [-0.25, -0.2) is 8.42 Å². The molecule has 2 N–H and O–H groups in total. The van der Waals surface area contributed by atoms with Gasteiger partial charge in [0.15, 0.2) is 0 Å². The van der Waals surface area contributed by atoms with Crippen LogP contribution in [-0.4, -0.2) is 13.4 Å². The van der Waals surface area contributed by atoms with Crippen LogP contribution in [0.5, 0.6) is 0 Å². The second kappa shape index (κ2) is 5.43. The summed E-state index contributed by atoms with van der Waals surface area (Å²) in [6.45, 7) is 0. The topological polar surface area (TPSA) is 73.1 Å². The normalized spacial score (nSPS) is 11.7. The molecule has 0 spiro atoms. The number of hydrogen-bond donors (Lipinski definition) is 1. The third-order valence-corrected chi connectivity index (χ3v) is 5.98. The van der Waals surface area contributed by atoms with Crippen molar-refractivity contribution in [2.24, 2.45) is 0 Å². The smallest absolute Gasteiger partial charge is 0.211 e. The molecule has 0 fully saturated rings. The highest BCUT2D eigenvalue weighted by Crippen LogP contribution is 2.36. The lowest BCUT2D eigenvalue weighted by Crippen LogP contribution is -2.06. The van der Waals surface area contributed by atoms with Crippen LogP contribution in [0.15, 0.2) is 58.5 Å². The van der Waals surface area contributed by atoms with E-state index in [1.165, 1.54) is 30.5 Å². The number of fused-ring (bicyclic) bond motifs is 1. The molecule has 3 rings (SSSR count). The average molecular weight is 353 g/mol. The molecule has 22 heavy (non-hydrogen) atoms. The van der Waals surface area contributed by atoms with Crippen LogP contribution in [0.2, 0.25) is 10.0 Å². The van der Waals surface area contributed by atoms with Gasteiger partial charge in [0.05, 0.1) is 20.5 Å². The molecule has 2 aromatic carbocycles. The van der Waals surface area contributed by atoms with Gasteiger partial charge in [-0.2, -0.15) is 0 Å². The molecule has 0 radical (unpaired) electrons. The summed E-state index contributed by atoms with van der Waals surface area (Å²) in [6.07, 6.45) is 1.51. The maximum Gasteiger partial charge on any atom is 0.211 e. The van der Waals surface area contributed by atoms with Crippen molar-refractivity contribution in [3.05, 3.63) is 58.7 Å². The predicted octanol–water partition coefficient (Wildman–Crippen LogP) is 3.96. The number of benzene rings is 2. The Hall–Kier alpha value is -1.82. The maximum atomic E-state index is 13.0. The van der Waals surface area contributed by atoms with Crippen LogP contribution >= 0.6 is 23.2 Å². The third-order valence-electron chi connectivity index (χ3n) is 3.24. The molecule has 0 amide bonds. The van der Waals surface area contributed by atoms with E-state index in [1.54, 1.807) is 18.2 Å². The Bertz CT molecular complexity index is 968. The first-order valence-electron chi connectivity index (χ1n) is 6.25. The fourth-order valence-corrected chi connectivity index (χ4v) is 4.78. The van der Waals surface area contributed by atoms with Crippen molar-refractivity contribution in [1.29, 1.82) is 0 Å². The first-order valence-corrected chi connectivity index (χ1v) is 8.49. The van der Waals surface area contributed by atoms with Crippen LogP contribution in [0.1, 0.15) is 0 Å². The molecule has 0 aliphatic heterocycles. The van der Waals surface area contributed by atoms with E-state index in [1.807, 2.05) is 0 Å². The lowest BCUT2D eigenvalue weighted by Gasteiger charge is -2.11. The van der Waals surface area contributed by atoms with Crippen LogP contribution in [-0.2, 0) is 9.84 Å². The van der Waals surface area contributed by atoms with Crippen molar-refractivity contribution in [3.63, 3.8) is 0 Å². The molecular formula is C15H10Cl2N2O2S. The van der Waals surface area contributed by atoms with Crippen molar-refractivity contribution in [1.82, 2.24) is 4.98 Å². The molecule has 112 valence electrons. The van der Waals surface area contributed by atoms with E-state index in [9.17, 15) is 8.42 Å². The van der Waals surface area contributed by atoms with Gasteiger partial charge >= 0.3 is 0 Å². The molecule has 1 aromatic heterocycles. The summed E-state index contributed by atoms with van der Waals surface area (Å²) in [7, 11) is -3.93. The van der Waals surface area contributed by atoms with Gasteiger partial charge in [0.25, 0.3) is 0 Å². The minimum atomic E-state index is -3.93. The Labute approximate surface area is 137 Å². The number of nitrogens with zero attached hydrogens (tertiary/aromatic N) is 1. The number of pyridine rings is 1. The van der Waals surface area contributed by atoms with E-state index in [0.717, 1.165) is 0 Å². The predicted molar refractivity (Wildman–Crippen MR) is 88.1 cm³/mol. The van der Waals surface area contributed by atoms with E-state index < -0.39 is 9.84 Å². The molecule has 0 bridgehead atoms. The summed E-state index contributed by atoms with van der Waals surface area (Å²) in [5, 5.41) is 0.688. The Morgan fingerprint density at radius 1 is 0.955 bits per heavy atom. The van der Waals surface area contributed by atoms with Crippen LogP contribution in [0.25, 0.3) is 10.9 Å². The molecule has 1 heterocycles. The summed E-state index contributed by atoms with van der Waals surface area (Å²) < 4.78 is 25.9. The molecule has 3 aromatic rings. The lowest BCUT2D eigenvalue weighted by molar-refractivity contribution is 0.597. The molecule has 0 aliphatic carbocycles. The van der Waals surface area contributed by atoms with E-state index in [-0.39, 0.29) is 19.8 Å². The summed E-state index contributed by atoms with van der Waals surface area (Å²) >= 11 is 12.1. The molecule has 0 aliphatic rings. The number of nitrogen functional groups attached to an aromatic ring is 1. The van der Waals surface area contributed by atoms with Crippen molar-refractivity contribution in [2.75, 3.05) is 5.73 Å². The van der Waals surface area contributed by atoms with Crippen molar-refractivity contribution in [2.45, 2.75) is 9.79 Å². The number of nitrogens with two attached hydrogens (primary N) is 1. The highest BCUT2D eigenvalue weighted by Gasteiger charge is 2.26. The van der Waals surface area contributed by atoms with E-state index >= 15 is 0 Å².